The average molecular weight is 264 g/mol. The monoisotopic (exact) mass is 264 g/mol. The van der Waals surface area contributed by atoms with Crippen molar-refractivity contribution < 1.29 is 8.78 Å². The van der Waals surface area contributed by atoms with Gasteiger partial charge in [0.05, 0.1) is 6.21 Å². The van der Waals surface area contributed by atoms with E-state index in [1.165, 1.54) is 18.3 Å². The second kappa shape index (κ2) is 5.38. The third kappa shape index (κ3) is 3.44. The van der Waals surface area contributed by atoms with E-state index < -0.39 is 11.6 Å². The molecule has 0 saturated heterocycles. The Labute approximate surface area is 107 Å². The minimum Gasteiger partial charge on any atom is -0.291 e. The highest BCUT2D eigenvalue weighted by molar-refractivity contribution is 5.79. The molecule has 0 aliphatic heterocycles. The van der Waals surface area contributed by atoms with Crippen LogP contribution in [0.4, 0.5) is 14.7 Å². The lowest BCUT2D eigenvalue weighted by molar-refractivity contribution is 0.508. The van der Waals surface area contributed by atoms with Crippen molar-refractivity contribution in [3.8, 4) is 0 Å². The summed E-state index contributed by atoms with van der Waals surface area (Å²) < 4.78 is 25.6. The van der Waals surface area contributed by atoms with Gasteiger partial charge in [0.15, 0.2) is 11.6 Å². The SMILES string of the molecule is Cc1cc(=O)[nH]c(N/N=C/c2ccc(F)c(F)c2)n1. The first-order chi connectivity index (χ1) is 9.04. The fraction of sp³-hybridized carbons (Fsp3) is 0.0833. The van der Waals surface area contributed by atoms with E-state index in [4.69, 9.17) is 0 Å². The van der Waals surface area contributed by atoms with Gasteiger partial charge in [-0.3, -0.25) is 9.78 Å². The van der Waals surface area contributed by atoms with Crippen LogP contribution in [0.5, 0.6) is 0 Å². The third-order valence-electron chi connectivity index (χ3n) is 2.20. The van der Waals surface area contributed by atoms with Crippen LogP contribution in [0, 0.1) is 18.6 Å². The first kappa shape index (κ1) is 12.9. The molecule has 19 heavy (non-hydrogen) atoms. The molecular weight excluding hydrogens is 254 g/mol. The van der Waals surface area contributed by atoms with Gasteiger partial charge in [-0.05, 0) is 24.6 Å². The number of benzene rings is 1. The molecule has 2 N–H and O–H groups in total. The number of aryl methyl sites for hydroxylation is 1. The van der Waals surface area contributed by atoms with E-state index in [0.717, 1.165) is 12.1 Å². The number of H-pyrrole nitrogens is 1. The van der Waals surface area contributed by atoms with Gasteiger partial charge in [-0.1, -0.05) is 6.07 Å². The molecule has 98 valence electrons. The van der Waals surface area contributed by atoms with Crippen molar-refractivity contribution >= 4 is 12.2 Å². The molecule has 0 saturated carbocycles. The van der Waals surface area contributed by atoms with Gasteiger partial charge in [-0.2, -0.15) is 5.10 Å². The lowest BCUT2D eigenvalue weighted by Crippen LogP contribution is -2.10. The number of aromatic amines is 1. The van der Waals surface area contributed by atoms with Gasteiger partial charge in [0.25, 0.3) is 5.56 Å². The molecule has 0 atom stereocenters. The summed E-state index contributed by atoms with van der Waals surface area (Å²) >= 11 is 0. The van der Waals surface area contributed by atoms with Gasteiger partial charge in [0.2, 0.25) is 5.95 Å². The Kier molecular flexibility index (Phi) is 3.65. The van der Waals surface area contributed by atoms with Gasteiger partial charge < -0.3 is 0 Å². The highest BCUT2D eigenvalue weighted by Gasteiger charge is 2.00. The van der Waals surface area contributed by atoms with E-state index in [9.17, 15) is 13.6 Å². The van der Waals surface area contributed by atoms with Crippen molar-refractivity contribution in [2.75, 3.05) is 5.43 Å². The molecule has 0 radical (unpaired) electrons. The van der Waals surface area contributed by atoms with Gasteiger partial charge in [0, 0.05) is 11.8 Å². The van der Waals surface area contributed by atoms with Crippen molar-refractivity contribution in [2.45, 2.75) is 6.92 Å². The smallest absolute Gasteiger partial charge is 0.252 e. The third-order valence-corrected chi connectivity index (χ3v) is 2.20. The maximum atomic E-state index is 12.9. The fourth-order valence-corrected chi connectivity index (χ4v) is 1.39. The topological polar surface area (TPSA) is 70.1 Å². The molecule has 1 heterocycles. The molecule has 1 aromatic heterocycles. The summed E-state index contributed by atoms with van der Waals surface area (Å²) in [5.74, 6) is -1.70. The Morgan fingerprint density at radius 1 is 1.32 bits per heavy atom. The van der Waals surface area contributed by atoms with E-state index in [1.54, 1.807) is 6.92 Å². The Balaban J connectivity index is 2.11. The second-order valence-electron chi connectivity index (χ2n) is 3.78. The van der Waals surface area contributed by atoms with Crippen molar-refractivity contribution in [1.29, 1.82) is 0 Å². The summed E-state index contributed by atoms with van der Waals surface area (Å²) in [6.45, 7) is 1.67. The summed E-state index contributed by atoms with van der Waals surface area (Å²) in [5, 5.41) is 3.77. The summed E-state index contributed by atoms with van der Waals surface area (Å²) in [6, 6.07) is 4.72. The van der Waals surface area contributed by atoms with Gasteiger partial charge >= 0.3 is 0 Å². The average Bonchev–Trinajstić information content (AvgIpc) is 2.32. The van der Waals surface area contributed by atoms with E-state index in [-0.39, 0.29) is 11.5 Å². The summed E-state index contributed by atoms with van der Waals surface area (Å²) in [6.07, 6.45) is 1.28. The van der Waals surface area contributed by atoms with Crippen molar-refractivity contribution in [3.05, 3.63) is 57.5 Å². The first-order valence-electron chi connectivity index (χ1n) is 5.37. The quantitative estimate of drug-likeness (QED) is 0.656. The van der Waals surface area contributed by atoms with Crippen LogP contribution in [-0.2, 0) is 0 Å². The summed E-state index contributed by atoms with van der Waals surface area (Å²) in [4.78, 5) is 17.6. The number of aromatic nitrogens is 2. The largest absolute Gasteiger partial charge is 0.291 e. The number of rotatable bonds is 3. The van der Waals surface area contributed by atoms with Crippen LogP contribution in [0.1, 0.15) is 11.3 Å². The molecule has 2 rings (SSSR count). The zero-order chi connectivity index (χ0) is 13.8. The standard InChI is InChI=1S/C12H10F2N4O/c1-7-4-11(19)17-12(16-7)18-15-6-8-2-3-9(13)10(14)5-8/h2-6H,1H3,(H2,16,17,18,19)/b15-6+. The Bertz CT molecular complexity index is 682. The van der Waals surface area contributed by atoms with Gasteiger partial charge in [0.1, 0.15) is 0 Å². The van der Waals surface area contributed by atoms with Crippen LogP contribution >= 0.6 is 0 Å². The van der Waals surface area contributed by atoms with Crippen LogP contribution in [0.2, 0.25) is 0 Å². The highest BCUT2D eigenvalue weighted by atomic mass is 19.2. The summed E-state index contributed by atoms with van der Waals surface area (Å²) in [7, 11) is 0. The Morgan fingerprint density at radius 2 is 2.11 bits per heavy atom. The Morgan fingerprint density at radius 3 is 2.79 bits per heavy atom. The predicted molar refractivity (Wildman–Crippen MR) is 67.2 cm³/mol. The number of nitrogens with one attached hydrogen (secondary N) is 2. The molecule has 7 heteroatoms. The molecule has 1 aromatic carbocycles. The molecule has 2 aromatic rings. The minimum atomic E-state index is -0.953. The number of hydrogen-bond donors (Lipinski definition) is 2. The van der Waals surface area contributed by atoms with Crippen molar-refractivity contribution in [2.24, 2.45) is 5.10 Å². The van der Waals surface area contributed by atoms with Crippen LogP contribution in [-0.4, -0.2) is 16.2 Å². The molecule has 0 unspecified atom stereocenters. The molecular formula is C12H10F2N4O. The van der Waals surface area contributed by atoms with Gasteiger partial charge in [-0.25, -0.2) is 19.2 Å². The van der Waals surface area contributed by atoms with E-state index in [1.807, 2.05) is 0 Å². The number of nitrogens with zero attached hydrogens (tertiary/aromatic N) is 2. The first-order valence-corrected chi connectivity index (χ1v) is 5.37. The maximum absolute atomic E-state index is 12.9. The number of hydrogen-bond acceptors (Lipinski definition) is 4. The molecule has 0 spiro atoms. The molecule has 0 bridgehead atoms. The minimum absolute atomic E-state index is 0.170. The predicted octanol–water partition coefficient (Wildman–Crippen LogP) is 1.80. The van der Waals surface area contributed by atoms with Crippen molar-refractivity contribution in [1.82, 2.24) is 9.97 Å². The molecule has 0 fully saturated rings. The van der Waals surface area contributed by atoms with Crippen LogP contribution < -0.4 is 11.0 Å². The summed E-state index contributed by atoms with van der Waals surface area (Å²) in [5.41, 5.74) is 3.10. The van der Waals surface area contributed by atoms with E-state index in [0.29, 0.717) is 11.3 Å². The van der Waals surface area contributed by atoms with Crippen LogP contribution in [0.25, 0.3) is 0 Å². The number of anilines is 1. The van der Waals surface area contributed by atoms with Gasteiger partial charge in [-0.15, -0.1) is 0 Å². The molecule has 0 amide bonds. The van der Waals surface area contributed by atoms with Crippen LogP contribution in [0.15, 0.2) is 34.2 Å². The number of hydrazone groups is 1. The second-order valence-corrected chi connectivity index (χ2v) is 3.78. The fourth-order valence-electron chi connectivity index (χ4n) is 1.39. The molecule has 0 aliphatic carbocycles. The molecule has 5 nitrogen and oxygen atoms in total. The zero-order valence-electron chi connectivity index (χ0n) is 9.95. The van der Waals surface area contributed by atoms with Crippen molar-refractivity contribution in [3.63, 3.8) is 0 Å². The van der Waals surface area contributed by atoms with E-state index >= 15 is 0 Å². The maximum Gasteiger partial charge on any atom is 0.252 e. The van der Waals surface area contributed by atoms with Crippen LogP contribution in [0.3, 0.4) is 0 Å². The normalized spacial score (nSPS) is 10.9. The number of halogens is 2. The Hall–Kier alpha value is -2.57. The lowest BCUT2D eigenvalue weighted by Gasteiger charge is -1.99. The molecule has 0 aliphatic rings. The highest BCUT2D eigenvalue weighted by Crippen LogP contribution is 2.06. The lowest BCUT2D eigenvalue weighted by atomic mass is 10.2. The zero-order valence-corrected chi connectivity index (χ0v) is 9.95. The van der Waals surface area contributed by atoms with E-state index in [2.05, 4.69) is 20.5 Å².